The molecule has 1 aromatic carbocycles. The van der Waals surface area contributed by atoms with Crippen LogP contribution in [0.15, 0.2) is 40.8 Å². The van der Waals surface area contributed by atoms with E-state index in [1.807, 2.05) is 0 Å². The molecule has 0 spiro atoms. The maximum atomic E-state index is 12.0. The molecule has 0 saturated carbocycles. The second kappa shape index (κ2) is 7.87. The van der Waals surface area contributed by atoms with Crippen molar-refractivity contribution in [3.63, 3.8) is 0 Å². The van der Waals surface area contributed by atoms with Gasteiger partial charge in [0.2, 0.25) is 0 Å². The van der Waals surface area contributed by atoms with Crippen molar-refractivity contribution in [3.8, 4) is 11.5 Å². The van der Waals surface area contributed by atoms with Gasteiger partial charge in [0.05, 0.1) is 14.2 Å². The molecule has 0 unspecified atom stereocenters. The number of benzene rings is 1. The van der Waals surface area contributed by atoms with E-state index in [1.54, 1.807) is 31.2 Å². The number of amides is 2. The Morgan fingerprint density at radius 3 is 2.42 bits per heavy atom. The highest BCUT2D eigenvalue weighted by Crippen LogP contribution is 2.27. The first-order valence-corrected chi connectivity index (χ1v) is 7.10. The zero-order valence-corrected chi connectivity index (χ0v) is 13.6. The third kappa shape index (κ3) is 4.39. The van der Waals surface area contributed by atoms with E-state index < -0.39 is 11.8 Å². The molecular weight excluding hydrogens is 312 g/mol. The van der Waals surface area contributed by atoms with Crippen LogP contribution < -0.4 is 20.3 Å². The number of ether oxygens (including phenoxy) is 2. The molecule has 0 aliphatic heterocycles. The number of carbonyl (C=O) groups excluding carboxylic acids is 2. The summed E-state index contributed by atoms with van der Waals surface area (Å²) < 4.78 is 15.5. The van der Waals surface area contributed by atoms with Crippen molar-refractivity contribution in [2.75, 3.05) is 14.2 Å². The average molecular weight is 330 g/mol. The summed E-state index contributed by atoms with van der Waals surface area (Å²) in [6.07, 6.45) is 2.76. The van der Waals surface area contributed by atoms with Crippen LogP contribution in [0.4, 0.5) is 0 Å². The van der Waals surface area contributed by atoms with Gasteiger partial charge in [-0.05, 0) is 43.3 Å². The molecule has 7 nitrogen and oxygen atoms in total. The van der Waals surface area contributed by atoms with Gasteiger partial charge >= 0.3 is 0 Å². The fraction of sp³-hybridized carbons (Fsp3) is 0.176. The number of aryl methyl sites for hydroxylation is 1. The number of rotatable bonds is 5. The smallest absolute Gasteiger partial charge is 0.269 e. The quantitative estimate of drug-likeness (QED) is 0.647. The van der Waals surface area contributed by atoms with Gasteiger partial charge in [0, 0.05) is 11.6 Å². The van der Waals surface area contributed by atoms with Crippen LogP contribution in [0.3, 0.4) is 0 Å². The molecule has 0 aliphatic rings. The Labute approximate surface area is 139 Å². The highest BCUT2D eigenvalue weighted by molar-refractivity contribution is 5.98. The van der Waals surface area contributed by atoms with Crippen LogP contribution in [-0.2, 0) is 4.79 Å². The third-order valence-electron chi connectivity index (χ3n) is 3.11. The summed E-state index contributed by atoms with van der Waals surface area (Å²) in [5, 5.41) is 0. The van der Waals surface area contributed by atoms with Crippen LogP contribution >= 0.6 is 0 Å². The summed E-state index contributed by atoms with van der Waals surface area (Å²) in [5.41, 5.74) is 4.92. The molecule has 0 fully saturated rings. The Hall–Kier alpha value is -3.22. The van der Waals surface area contributed by atoms with Crippen molar-refractivity contribution in [2.45, 2.75) is 6.92 Å². The van der Waals surface area contributed by atoms with E-state index in [1.165, 1.54) is 32.4 Å². The summed E-state index contributed by atoms with van der Waals surface area (Å²) in [7, 11) is 2.98. The molecule has 126 valence electrons. The number of nitrogens with one attached hydrogen (secondary N) is 2. The lowest BCUT2D eigenvalue weighted by Crippen LogP contribution is -2.40. The number of carbonyl (C=O) groups is 2. The highest BCUT2D eigenvalue weighted by Gasteiger charge is 2.11. The maximum absolute atomic E-state index is 12.0. The SMILES string of the molecule is COc1ccc(C(=O)NNC(=O)/C=C/c2ccc(C)o2)cc1OC. The monoisotopic (exact) mass is 330 g/mol. The molecule has 0 saturated heterocycles. The minimum atomic E-state index is -0.488. The summed E-state index contributed by atoms with van der Waals surface area (Å²) in [6, 6.07) is 8.21. The molecule has 1 heterocycles. The van der Waals surface area contributed by atoms with Crippen LogP contribution in [0, 0.1) is 6.92 Å². The first-order chi connectivity index (χ1) is 11.5. The summed E-state index contributed by atoms with van der Waals surface area (Å²) in [5.74, 6) is 1.26. The van der Waals surface area contributed by atoms with Crippen LogP contribution in [0.25, 0.3) is 6.08 Å². The molecule has 7 heteroatoms. The molecule has 0 bridgehead atoms. The zero-order chi connectivity index (χ0) is 17.5. The fourth-order valence-electron chi connectivity index (χ4n) is 1.91. The van der Waals surface area contributed by atoms with Crippen LogP contribution in [0.5, 0.6) is 11.5 Å². The largest absolute Gasteiger partial charge is 0.493 e. The minimum Gasteiger partial charge on any atom is -0.493 e. The first kappa shape index (κ1) is 17.1. The van der Waals surface area contributed by atoms with Crippen molar-refractivity contribution in [1.82, 2.24) is 10.9 Å². The van der Waals surface area contributed by atoms with Crippen molar-refractivity contribution in [1.29, 1.82) is 0 Å². The molecule has 2 N–H and O–H groups in total. The fourth-order valence-corrected chi connectivity index (χ4v) is 1.91. The zero-order valence-electron chi connectivity index (χ0n) is 13.6. The maximum Gasteiger partial charge on any atom is 0.269 e. The normalized spacial score (nSPS) is 10.5. The predicted molar refractivity (Wildman–Crippen MR) is 87.6 cm³/mol. The topological polar surface area (TPSA) is 89.8 Å². The van der Waals surface area contributed by atoms with E-state index in [4.69, 9.17) is 13.9 Å². The molecule has 0 atom stereocenters. The predicted octanol–water partition coefficient (Wildman–Crippen LogP) is 2.08. The van der Waals surface area contributed by atoms with Crippen LogP contribution in [-0.4, -0.2) is 26.0 Å². The van der Waals surface area contributed by atoms with Gasteiger partial charge in [0.1, 0.15) is 11.5 Å². The van der Waals surface area contributed by atoms with Gasteiger partial charge < -0.3 is 13.9 Å². The Bertz CT molecular complexity index is 764. The number of hydrazine groups is 1. The molecule has 2 rings (SSSR count). The van der Waals surface area contributed by atoms with Crippen LogP contribution in [0.1, 0.15) is 21.9 Å². The lowest BCUT2D eigenvalue weighted by atomic mass is 10.2. The van der Waals surface area contributed by atoms with Gasteiger partial charge in [0.25, 0.3) is 11.8 Å². The number of hydrogen-bond acceptors (Lipinski definition) is 5. The molecule has 2 amide bonds. The number of hydrogen-bond donors (Lipinski definition) is 2. The number of furan rings is 1. The van der Waals surface area contributed by atoms with Crippen molar-refractivity contribution in [2.24, 2.45) is 0 Å². The summed E-state index contributed by atoms with van der Waals surface area (Å²) in [4.78, 5) is 23.7. The van der Waals surface area contributed by atoms with E-state index in [2.05, 4.69) is 10.9 Å². The van der Waals surface area contributed by atoms with Gasteiger partial charge in [-0.3, -0.25) is 20.4 Å². The second-order valence-electron chi connectivity index (χ2n) is 4.79. The van der Waals surface area contributed by atoms with Crippen molar-refractivity contribution in [3.05, 3.63) is 53.5 Å². The van der Waals surface area contributed by atoms with Crippen LogP contribution in [0.2, 0.25) is 0 Å². The molecule has 0 aliphatic carbocycles. The van der Waals surface area contributed by atoms with E-state index >= 15 is 0 Å². The molecule has 24 heavy (non-hydrogen) atoms. The Balaban J connectivity index is 1.92. The number of methoxy groups -OCH3 is 2. The van der Waals surface area contributed by atoms with E-state index in [0.717, 1.165) is 5.76 Å². The van der Waals surface area contributed by atoms with Gasteiger partial charge in [-0.25, -0.2) is 0 Å². The second-order valence-corrected chi connectivity index (χ2v) is 4.79. The lowest BCUT2D eigenvalue weighted by molar-refractivity contribution is -0.117. The molecule has 1 aromatic heterocycles. The molecule has 2 aromatic rings. The highest BCUT2D eigenvalue weighted by atomic mass is 16.5. The summed E-state index contributed by atoms with van der Waals surface area (Å²) in [6.45, 7) is 1.81. The Morgan fingerprint density at radius 1 is 1.04 bits per heavy atom. The van der Waals surface area contributed by atoms with Gasteiger partial charge in [-0.2, -0.15) is 0 Å². The summed E-state index contributed by atoms with van der Waals surface area (Å²) >= 11 is 0. The molecular formula is C17H18N2O5. The third-order valence-corrected chi connectivity index (χ3v) is 3.11. The van der Waals surface area contributed by atoms with Gasteiger partial charge in [0.15, 0.2) is 11.5 Å². The van der Waals surface area contributed by atoms with Gasteiger partial charge in [-0.1, -0.05) is 0 Å². The average Bonchev–Trinajstić information content (AvgIpc) is 3.02. The Kier molecular flexibility index (Phi) is 5.62. The minimum absolute atomic E-state index is 0.318. The Morgan fingerprint density at radius 2 is 1.79 bits per heavy atom. The standard InChI is InChI=1S/C17H18N2O5/c1-11-4-6-13(24-11)7-9-16(20)18-19-17(21)12-5-8-14(22-2)15(10-12)23-3/h4-10H,1-3H3,(H,18,20)(H,19,21)/b9-7+. The first-order valence-electron chi connectivity index (χ1n) is 7.10. The van der Waals surface area contributed by atoms with E-state index in [-0.39, 0.29) is 0 Å². The lowest BCUT2D eigenvalue weighted by Gasteiger charge is -2.10. The molecule has 0 radical (unpaired) electrons. The van der Waals surface area contributed by atoms with Crippen molar-refractivity contribution < 1.29 is 23.5 Å². The van der Waals surface area contributed by atoms with E-state index in [0.29, 0.717) is 22.8 Å². The van der Waals surface area contributed by atoms with E-state index in [9.17, 15) is 9.59 Å². The van der Waals surface area contributed by atoms with Gasteiger partial charge in [-0.15, -0.1) is 0 Å². The van der Waals surface area contributed by atoms with Crippen molar-refractivity contribution >= 4 is 17.9 Å².